The zero-order chi connectivity index (χ0) is 17.2. The number of nitrogens with zero attached hydrogens (tertiary/aromatic N) is 1. The topological polar surface area (TPSA) is 54.5 Å². The van der Waals surface area contributed by atoms with E-state index in [1.807, 2.05) is 23.1 Å². The molecule has 2 aromatic rings. The van der Waals surface area contributed by atoms with Gasteiger partial charge in [0, 0.05) is 24.4 Å². The molecule has 24 heavy (non-hydrogen) atoms. The fraction of sp³-hybridized carbons (Fsp3) is 0.316. The van der Waals surface area contributed by atoms with Gasteiger partial charge in [-0.05, 0) is 49.1 Å². The van der Waals surface area contributed by atoms with Crippen LogP contribution in [0.15, 0.2) is 59.5 Å². The first-order chi connectivity index (χ1) is 11.4. The average Bonchev–Trinajstić information content (AvgIpc) is 3.02. The van der Waals surface area contributed by atoms with Crippen molar-refractivity contribution in [1.82, 2.24) is 4.90 Å². The van der Waals surface area contributed by atoms with E-state index >= 15 is 0 Å². The molecule has 126 valence electrons. The third-order valence-electron chi connectivity index (χ3n) is 4.48. The maximum atomic E-state index is 12.8. The van der Waals surface area contributed by atoms with Crippen LogP contribution in [0.1, 0.15) is 28.8 Å². The summed E-state index contributed by atoms with van der Waals surface area (Å²) in [6.45, 7) is 0.754. The molecule has 0 bridgehead atoms. The van der Waals surface area contributed by atoms with Crippen molar-refractivity contribution in [3.05, 3.63) is 65.7 Å². The van der Waals surface area contributed by atoms with E-state index < -0.39 is 9.84 Å². The van der Waals surface area contributed by atoms with Crippen LogP contribution < -0.4 is 0 Å². The molecule has 3 rings (SSSR count). The lowest BCUT2D eigenvalue weighted by Crippen LogP contribution is -2.36. The van der Waals surface area contributed by atoms with E-state index in [0.717, 1.165) is 25.8 Å². The summed E-state index contributed by atoms with van der Waals surface area (Å²) in [5, 5.41) is 0. The lowest BCUT2D eigenvalue weighted by molar-refractivity contribution is 0.0736. The van der Waals surface area contributed by atoms with E-state index in [1.54, 1.807) is 12.1 Å². The van der Waals surface area contributed by atoms with Crippen LogP contribution in [0.4, 0.5) is 0 Å². The van der Waals surface area contributed by atoms with Gasteiger partial charge >= 0.3 is 0 Å². The van der Waals surface area contributed by atoms with Gasteiger partial charge in [-0.2, -0.15) is 0 Å². The number of hydrogen-bond acceptors (Lipinski definition) is 3. The average molecular weight is 343 g/mol. The Morgan fingerprint density at radius 1 is 1.08 bits per heavy atom. The van der Waals surface area contributed by atoms with Crippen LogP contribution in [-0.2, 0) is 16.3 Å². The summed E-state index contributed by atoms with van der Waals surface area (Å²) in [6, 6.07) is 16.6. The van der Waals surface area contributed by atoms with Gasteiger partial charge < -0.3 is 4.90 Å². The molecule has 5 heteroatoms. The highest BCUT2D eigenvalue weighted by Crippen LogP contribution is 2.24. The van der Waals surface area contributed by atoms with Crippen LogP contribution in [-0.4, -0.2) is 38.1 Å². The Hall–Kier alpha value is -2.14. The molecule has 0 aromatic heterocycles. The summed E-state index contributed by atoms with van der Waals surface area (Å²) in [5.41, 5.74) is 1.77. The Morgan fingerprint density at radius 2 is 1.75 bits per heavy atom. The summed E-state index contributed by atoms with van der Waals surface area (Å²) >= 11 is 0. The normalized spacial score (nSPS) is 17.9. The van der Waals surface area contributed by atoms with E-state index in [4.69, 9.17) is 0 Å². The second-order valence-electron chi connectivity index (χ2n) is 6.28. The molecule has 2 aromatic carbocycles. The predicted molar refractivity (Wildman–Crippen MR) is 93.8 cm³/mol. The molecule has 0 unspecified atom stereocenters. The molecule has 4 nitrogen and oxygen atoms in total. The molecule has 1 aliphatic heterocycles. The monoisotopic (exact) mass is 343 g/mol. The zero-order valence-electron chi connectivity index (χ0n) is 13.7. The molecular formula is C19H21NO3S. The fourth-order valence-corrected chi connectivity index (χ4v) is 3.84. The third kappa shape index (κ3) is 3.67. The molecule has 0 aliphatic carbocycles. The number of benzene rings is 2. The number of amides is 1. The summed E-state index contributed by atoms with van der Waals surface area (Å²) in [7, 11) is -3.24. The van der Waals surface area contributed by atoms with Crippen molar-refractivity contribution in [3.8, 4) is 0 Å². The predicted octanol–water partition coefficient (Wildman–Crippen LogP) is 2.94. The summed E-state index contributed by atoms with van der Waals surface area (Å²) in [6.07, 6.45) is 4.03. The van der Waals surface area contributed by atoms with Crippen LogP contribution in [0.2, 0.25) is 0 Å². The number of sulfone groups is 1. The van der Waals surface area contributed by atoms with Gasteiger partial charge in [0.2, 0.25) is 0 Å². The minimum absolute atomic E-state index is 0.0199. The highest BCUT2D eigenvalue weighted by atomic mass is 32.2. The third-order valence-corrected chi connectivity index (χ3v) is 5.61. The van der Waals surface area contributed by atoms with E-state index in [1.165, 1.54) is 24.0 Å². The lowest BCUT2D eigenvalue weighted by Gasteiger charge is -2.25. The van der Waals surface area contributed by atoms with Crippen LogP contribution in [0.3, 0.4) is 0 Å². The van der Waals surface area contributed by atoms with Gasteiger partial charge in [-0.3, -0.25) is 4.79 Å². The number of carbonyl (C=O) groups excluding carboxylic acids is 1. The van der Waals surface area contributed by atoms with Gasteiger partial charge in [0.05, 0.1) is 4.90 Å². The molecule has 1 aliphatic rings. The highest BCUT2D eigenvalue weighted by molar-refractivity contribution is 7.90. The van der Waals surface area contributed by atoms with Crippen LogP contribution in [0.25, 0.3) is 0 Å². The van der Waals surface area contributed by atoms with Gasteiger partial charge in [-0.1, -0.05) is 30.3 Å². The molecule has 1 atom stereocenters. The Morgan fingerprint density at radius 3 is 2.38 bits per heavy atom. The molecule has 1 amide bonds. The van der Waals surface area contributed by atoms with Gasteiger partial charge in [-0.15, -0.1) is 0 Å². The second-order valence-corrected chi connectivity index (χ2v) is 8.30. The van der Waals surface area contributed by atoms with Crippen molar-refractivity contribution in [2.45, 2.75) is 30.2 Å². The summed E-state index contributed by atoms with van der Waals surface area (Å²) in [4.78, 5) is 14.9. The first kappa shape index (κ1) is 16.7. The molecular weight excluding hydrogens is 322 g/mol. The van der Waals surface area contributed by atoms with Crippen molar-refractivity contribution in [2.75, 3.05) is 12.8 Å². The van der Waals surface area contributed by atoms with Gasteiger partial charge in [0.1, 0.15) is 0 Å². The quantitative estimate of drug-likeness (QED) is 0.858. The maximum absolute atomic E-state index is 12.8. The molecule has 0 radical (unpaired) electrons. The Balaban J connectivity index is 1.76. The maximum Gasteiger partial charge on any atom is 0.254 e. The van der Waals surface area contributed by atoms with Crippen molar-refractivity contribution in [1.29, 1.82) is 0 Å². The minimum Gasteiger partial charge on any atom is -0.335 e. The fourth-order valence-electron chi connectivity index (χ4n) is 3.21. The van der Waals surface area contributed by atoms with Crippen molar-refractivity contribution in [2.24, 2.45) is 0 Å². The SMILES string of the molecule is CS(=O)(=O)c1ccc(C(=O)N2CCC[C@@H]2Cc2ccccc2)cc1. The smallest absolute Gasteiger partial charge is 0.254 e. The Kier molecular flexibility index (Phi) is 4.71. The summed E-state index contributed by atoms with van der Waals surface area (Å²) < 4.78 is 23.1. The molecule has 1 saturated heterocycles. The van der Waals surface area contributed by atoms with Crippen molar-refractivity contribution < 1.29 is 13.2 Å². The molecule has 1 fully saturated rings. The molecule has 0 spiro atoms. The standard InChI is InChI=1S/C19H21NO3S/c1-24(22,23)18-11-9-16(10-12-18)19(21)20-13-5-8-17(20)14-15-6-3-2-4-7-15/h2-4,6-7,9-12,17H,5,8,13-14H2,1H3/t17-/m1/s1. The minimum atomic E-state index is -3.24. The first-order valence-corrected chi connectivity index (χ1v) is 9.99. The van der Waals surface area contributed by atoms with E-state index in [9.17, 15) is 13.2 Å². The molecule has 1 heterocycles. The van der Waals surface area contributed by atoms with E-state index in [0.29, 0.717) is 5.56 Å². The lowest BCUT2D eigenvalue weighted by atomic mass is 10.0. The van der Waals surface area contributed by atoms with Crippen LogP contribution in [0.5, 0.6) is 0 Å². The van der Waals surface area contributed by atoms with E-state index in [-0.39, 0.29) is 16.8 Å². The number of likely N-dealkylation sites (tertiary alicyclic amines) is 1. The van der Waals surface area contributed by atoms with Crippen molar-refractivity contribution >= 4 is 15.7 Å². The van der Waals surface area contributed by atoms with E-state index in [2.05, 4.69) is 12.1 Å². The molecule has 0 saturated carbocycles. The van der Waals surface area contributed by atoms with Crippen molar-refractivity contribution in [3.63, 3.8) is 0 Å². The van der Waals surface area contributed by atoms with Crippen LogP contribution >= 0.6 is 0 Å². The van der Waals surface area contributed by atoms with Gasteiger partial charge in [-0.25, -0.2) is 8.42 Å². The Labute approximate surface area is 143 Å². The van der Waals surface area contributed by atoms with Gasteiger partial charge in [0.15, 0.2) is 9.84 Å². The highest BCUT2D eigenvalue weighted by Gasteiger charge is 2.29. The molecule has 0 N–H and O–H groups in total. The number of hydrogen-bond donors (Lipinski definition) is 0. The van der Waals surface area contributed by atoms with Crippen LogP contribution in [0, 0.1) is 0 Å². The second kappa shape index (κ2) is 6.77. The zero-order valence-corrected chi connectivity index (χ0v) is 14.5. The first-order valence-electron chi connectivity index (χ1n) is 8.10. The summed E-state index contributed by atoms with van der Waals surface area (Å²) in [5.74, 6) is -0.0199. The number of carbonyl (C=O) groups is 1. The number of rotatable bonds is 4. The largest absolute Gasteiger partial charge is 0.335 e. The Bertz CT molecular complexity index is 813. The van der Waals surface area contributed by atoms with Gasteiger partial charge in [0.25, 0.3) is 5.91 Å².